The summed E-state index contributed by atoms with van der Waals surface area (Å²) >= 11 is 0. The van der Waals surface area contributed by atoms with Crippen molar-refractivity contribution in [2.24, 2.45) is 0 Å². The number of ether oxygens (including phenoxy) is 1. The van der Waals surface area contributed by atoms with Crippen molar-refractivity contribution in [1.82, 2.24) is 14.8 Å². The molecule has 1 unspecified atom stereocenters. The van der Waals surface area contributed by atoms with Crippen LogP contribution in [0.3, 0.4) is 0 Å². The van der Waals surface area contributed by atoms with Gasteiger partial charge in [0.05, 0.1) is 18.2 Å². The number of aromatic hydroxyl groups is 1. The Morgan fingerprint density at radius 3 is 2.90 bits per heavy atom. The van der Waals surface area contributed by atoms with E-state index in [1.54, 1.807) is 4.90 Å². The summed E-state index contributed by atoms with van der Waals surface area (Å²) in [7, 11) is 0. The van der Waals surface area contributed by atoms with E-state index < -0.39 is 40.2 Å². The minimum absolute atomic E-state index is 0.0378. The Kier molecular flexibility index (Phi) is 3.97. The van der Waals surface area contributed by atoms with Gasteiger partial charge in [0.25, 0.3) is 11.8 Å². The van der Waals surface area contributed by atoms with E-state index in [9.17, 15) is 28.3 Å². The zero-order chi connectivity index (χ0) is 21.2. The molecule has 2 amide bonds. The summed E-state index contributed by atoms with van der Waals surface area (Å²) < 4.78 is 34.0. The monoisotopic (exact) mass is 417 g/mol. The number of hydrogen-bond acceptors (Lipinski definition) is 5. The highest BCUT2D eigenvalue weighted by Crippen LogP contribution is 2.51. The quantitative estimate of drug-likeness (QED) is 0.767. The summed E-state index contributed by atoms with van der Waals surface area (Å²) in [6, 6.07) is 2.93. The van der Waals surface area contributed by atoms with Crippen LogP contribution in [0.15, 0.2) is 29.2 Å². The van der Waals surface area contributed by atoms with Crippen LogP contribution in [0.2, 0.25) is 0 Å². The molecule has 2 aromatic rings. The largest absolute Gasteiger partial charge is 0.503 e. The van der Waals surface area contributed by atoms with Gasteiger partial charge in [-0.25, -0.2) is 8.78 Å². The van der Waals surface area contributed by atoms with Crippen molar-refractivity contribution in [3.05, 3.63) is 63.1 Å². The van der Waals surface area contributed by atoms with Gasteiger partial charge in [-0.15, -0.1) is 0 Å². The average molecular weight is 417 g/mol. The van der Waals surface area contributed by atoms with Crippen LogP contribution in [-0.4, -0.2) is 52.2 Å². The van der Waals surface area contributed by atoms with Crippen molar-refractivity contribution in [3.63, 3.8) is 0 Å². The second-order valence-corrected chi connectivity index (χ2v) is 7.75. The Morgan fingerprint density at radius 1 is 1.33 bits per heavy atom. The Labute approximate surface area is 168 Å². The van der Waals surface area contributed by atoms with Crippen LogP contribution in [-0.2, 0) is 16.8 Å². The molecule has 1 spiro atoms. The second-order valence-electron chi connectivity index (χ2n) is 7.75. The number of pyridine rings is 1. The van der Waals surface area contributed by atoms with E-state index >= 15 is 0 Å². The highest BCUT2D eigenvalue weighted by molar-refractivity contribution is 5.99. The predicted octanol–water partition coefficient (Wildman–Crippen LogP) is 0.716. The zero-order valence-electron chi connectivity index (χ0n) is 15.7. The average Bonchev–Trinajstić information content (AvgIpc) is 3.41. The number of carbonyl (C=O) groups excluding carboxylic acids is 2. The maximum Gasteiger partial charge on any atom is 0.274 e. The maximum atomic E-state index is 13.8. The van der Waals surface area contributed by atoms with Crippen molar-refractivity contribution in [1.29, 1.82) is 0 Å². The van der Waals surface area contributed by atoms with Gasteiger partial charge in [-0.2, -0.15) is 0 Å². The van der Waals surface area contributed by atoms with Crippen molar-refractivity contribution in [2.45, 2.75) is 24.6 Å². The standard InChI is InChI=1S/C20H17F2N3O5/c21-11-2-1-10(13(22)5-11)7-23-18(28)12-8-25-15(17(27)16(12)26)19(29)24-3-4-30-14-6-20(14,25)9-24/h1-2,5,8,14,27H,3-4,6-7,9H2,(H,23,28)/t14-,20?/m0/s1. The molecule has 0 radical (unpaired) electrons. The van der Waals surface area contributed by atoms with Gasteiger partial charge in [0.1, 0.15) is 17.2 Å². The molecule has 3 aliphatic rings. The van der Waals surface area contributed by atoms with E-state index in [4.69, 9.17) is 4.74 Å². The topological polar surface area (TPSA) is 101 Å². The molecule has 5 rings (SSSR count). The number of nitrogens with one attached hydrogen (secondary N) is 1. The Morgan fingerprint density at radius 2 is 2.13 bits per heavy atom. The van der Waals surface area contributed by atoms with Crippen LogP contribution in [0.1, 0.15) is 32.8 Å². The van der Waals surface area contributed by atoms with Gasteiger partial charge in [0, 0.05) is 43.9 Å². The first kappa shape index (κ1) is 18.7. The number of fused-ring (bicyclic) bond motifs is 2. The fourth-order valence-electron chi connectivity index (χ4n) is 4.26. The first-order chi connectivity index (χ1) is 14.3. The third-order valence-corrected chi connectivity index (χ3v) is 5.97. The molecular formula is C20H17F2N3O5. The summed E-state index contributed by atoms with van der Waals surface area (Å²) in [5.41, 5.74) is -2.09. The molecule has 1 aliphatic carbocycles. The Balaban J connectivity index is 1.50. The number of benzene rings is 1. The number of carbonyl (C=O) groups is 2. The Hall–Kier alpha value is -3.27. The van der Waals surface area contributed by atoms with Gasteiger partial charge in [0.2, 0.25) is 5.43 Å². The molecule has 1 aromatic carbocycles. The van der Waals surface area contributed by atoms with Crippen molar-refractivity contribution in [2.75, 3.05) is 19.7 Å². The van der Waals surface area contributed by atoms with E-state index in [-0.39, 0.29) is 29.5 Å². The van der Waals surface area contributed by atoms with Crippen molar-refractivity contribution in [3.8, 4) is 5.75 Å². The molecule has 2 fully saturated rings. The molecule has 156 valence electrons. The molecule has 2 N–H and O–H groups in total. The van der Waals surface area contributed by atoms with Crippen molar-refractivity contribution < 1.29 is 28.2 Å². The van der Waals surface area contributed by atoms with Crippen LogP contribution in [0, 0.1) is 11.6 Å². The second kappa shape index (κ2) is 6.36. The lowest BCUT2D eigenvalue weighted by atomic mass is 10.1. The number of hydrogen-bond donors (Lipinski definition) is 2. The highest BCUT2D eigenvalue weighted by atomic mass is 19.1. The highest BCUT2D eigenvalue weighted by Gasteiger charge is 2.63. The van der Waals surface area contributed by atoms with Gasteiger partial charge in [-0.1, -0.05) is 6.07 Å². The van der Waals surface area contributed by atoms with E-state index in [2.05, 4.69) is 5.32 Å². The van der Waals surface area contributed by atoms with Crippen LogP contribution in [0.25, 0.3) is 0 Å². The van der Waals surface area contributed by atoms with Gasteiger partial charge in [0.15, 0.2) is 11.4 Å². The Bertz CT molecular complexity index is 1160. The predicted molar refractivity (Wildman–Crippen MR) is 98.1 cm³/mol. The van der Waals surface area contributed by atoms with Gasteiger partial charge in [-0.3, -0.25) is 14.4 Å². The van der Waals surface area contributed by atoms with Crippen molar-refractivity contribution >= 4 is 11.8 Å². The van der Waals surface area contributed by atoms with Crippen LogP contribution >= 0.6 is 0 Å². The third-order valence-electron chi connectivity index (χ3n) is 5.97. The van der Waals surface area contributed by atoms with Gasteiger partial charge < -0.3 is 24.6 Å². The van der Waals surface area contributed by atoms with Crippen LogP contribution in [0.4, 0.5) is 8.78 Å². The number of halogens is 2. The summed E-state index contributed by atoms with van der Waals surface area (Å²) in [5.74, 6) is -3.71. The molecule has 1 aromatic heterocycles. The number of nitrogens with zero attached hydrogens (tertiary/aromatic N) is 2. The molecule has 10 heteroatoms. The smallest absolute Gasteiger partial charge is 0.274 e. The SMILES string of the molecule is O=C(NCc1ccc(F)cc1F)c1cn2c(c(O)c1=O)C(=O)N1CCO[C@H]3CC32C1. The van der Waals surface area contributed by atoms with E-state index in [0.717, 1.165) is 6.07 Å². The van der Waals surface area contributed by atoms with Crippen LogP contribution < -0.4 is 10.7 Å². The molecule has 2 atom stereocenters. The molecule has 3 heterocycles. The summed E-state index contributed by atoms with van der Waals surface area (Å²) in [4.78, 5) is 39.6. The lowest BCUT2D eigenvalue weighted by Crippen LogP contribution is -2.49. The molecule has 8 nitrogen and oxygen atoms in total. The van der Waals surface area contributed by atoms with Gasteiger partial charge >= 0.3 is 0 Å². The normalized spacial score (nSPS) is 24.0. The summed E-state index contributed by atoms with van der Waals surface area (Å²) in [6.07, 6.45) is 1.67. The fourth-order valence-corrected chi connectivity index (χ4v) is 4.26. The van der Waals surface area contributed by atoms with E-state index in [0.29, 0.717) is 32.2 Å². The molecule has 1 saturated heterocycles. The minimum atomic E-state index is -0.985. The van der Waals surface area contributed by atoms with E-state index in [1.165, 1.54) is 16.8 Å². The molecule has 2 bridgehead atoms. The third kappa shape index (κ3) is 2.63. The summed E-state index contributed by atoms with van der Waals surface area (Å²) in [5, 5.41) is 12.9. The lowest BCUT2D eigenvalue weighted by molar-refractivity contribution is 0.0651. The van der Waals surface area contributed by atoms with Crippen LogP contribution in [0.5, 0.6) is 5.75 Å². The van der Waals surface area contributed by atoms with E-state index in [1.807, 2.05) is 0 Å². The first-order valence-electron chi connectivity index (χ1n) is 9.44. The zero-order valence-corrected chi connectivity index (χ0v) is 15.7. The molecule has 30 heavy (non-hydrogen) atoms. The number of amides is 2. The maximum absolute atomic E-state index is 13.8. The lowest BCUT2D eigenvalue weighted by Gasteiger charge is -2.35. The number of rotatable bonds is 3. The molecular weight excluding hydrogens is 400 g/mol. The van der Waals surface area contributed by atoms with Gasteiger partial charge in [-0.05, 0) is 6.07 Å². The first-order valence-corrected chi connectivity index (χ1v) is 9.44. The number of aromatic nitrogens is 1. The molecule has 1 saturated carbocycles. The molecule has 2 aliphatic heterocycles. The summed E-state index contributed by atoms with van der Waals surface area (Å²) in [6.45, 7) is 0.800. The fraction of sp³-hybridized carbons (Fsp3) is 0.350. The minimum Gasteiger partial charge on any atom is -0.503 e.